The monoisotopic (exact) mass is 594 g/mol. The summed E-state index contributed by atoms with van der Waals surface area (Å²) in [7, 11) is 0. The molecule has 2 amide bonds. The van der Waals surface area contributed by atoms with Crippen LogP contribution in [0.1, 0.15) is 52.1 Å². The first-order chi connectivity index (χ1) is 19.4. The number of rotatable bonds is 6. The maximum Gasteiger partial charge on any atom is 0.243 e. The molecule has 3 aliphatic rings. The highest BCUT2D eigenvalue weighted by atomic mass is 35.5. The lowest BCUT2D eigenvalue weighted by molar-refractivity contribution is -0.137. The molecule has 6 nitrogen and oxygen atoms in total. The summed E-state index contributed by atoms with van der Waals surface area (Å²) in [6.07, 6.45) is 0.914. The molecule has 2 saturated heterocycles. The Kier molecular flexibility index (Phi) is 8.22. The van der Waals surface area contributed by atoms with Gasteiger partial charge in [0, 0.05) is 55.7 Å². The van der Waals surface area contributed by atoms with Crippen LogP contribution in [0, 0.1) is 0 Å². The van der Waals surface area contributed by atoms with Gasteiger partial charge < -0.3 is 0 Å². The van der Waals surface area contributed by atoms with Crippen LogP contribution in [0.5, 0.6) is 0 Å². The number of fused-ring (bicyclic) bond motifs is 1. The Morgan fingerprint density at radius 1 is 0.875 bits per heavy atom. The first-order valence-corrected chi connectivity index (χ1v) is 15.0. The van der Waals surface area contributed by atoms with Crippen LogP contribution in [0.3, 0.4) is 0 Å². The normalized spacial score (nSPS) is 22.5. The average Bonchev–Trinajstić information content (AvgIpc) is 3.27. The minimum Gasteiger partial charge on any atom is -0.297 e. The van der Waals surface area contributed by atoms with E-state index < -0.39 is 0 Å². The van der Waals surface area contributed by atoms with E-state index in [0.29, 0.717) is 19.4 Å². The Balaban J connectivity index is 1.12. The largest absolute Gasteiger partial charge is 0.297 e. The van der Waals surface area contributed by atoms with Crippen molar-refractivity contribution in [1.82, 2.24) is 20.0 Å². The SMILES string of the molecule is O=C1CCC(N2Cc3ccc(CN4CCN(C(c5ccc(Cl)cc5)c5ccc(Cl)cc5)CC4)cc3C2S)C(=O)N1. The number of carbonyl (C=O) groups is 2. The lowest BCUT2D eigenvalue weighted by Crippen LogP contribution is -2.51. The molecule has 40 heavy (non-hydrogen) atoms. The maximum absolute atomic E-state index is 12.5. The lowest BCUT2D eigenvalue weighted by atomic mass is 9.96. The van der Waals surface area contributed by atoms with E-state index in [-0.39, 0.29) is 29.3 Å². The van der Waals surface area contributed by atoms with Crippen molar-refractivity contribution in [2.24, 2.45) is 0 Å². The number of carbonyl (C=O) groups excluding carboxylic acids is 2. The molecule has 3 aromatic carbocycles. The van der Waals surface area contributed by atoms with Crippen LogP contribution in [0.25, 0.3) is 0 Å². The Hall–Kier alpha value is -2.39. The van der Waals surface area contributed by atoms with Gasteiger partial charge in [-0.3, -0.25) is 29.6 Å². The molecule has 2 unspecified atom stereocenters. The van der Waals surface area contributed by atoms with Crippen molar-refractivity contribution in [2.75, 3.05) is 26.2 Å². The molecule has 0 aromatic heterocycles. The molecule has 3 heterocycles. The number of hydrogen-bond donors (Lipinski definition) is 2. The quantitative estimate of drug-likeness (QED) is 0.293. The molecule has 2 fully saturated rings. The molecule has 3 aromatic rings. The molecule has 9 heteroatoms. The highest BCUT2D eigenvalue weighted by Gasteiger charge is 2.39. The molecular formula is C31H32Cl2N4O2S. The van der Waals surface area contributed by atoms with Gasteiger partial charge in [0.05, 0.1) is 17.5 Å². The summed E-state index contributed by atoms with van der Waals surface area (Å²) in [5.74, 6) is -0.402. The molecule has 0 saturated carbocycles. The molecule has 0 bridgehead atoms. The Morgan fingerprint density at radius 3 is 2.10 bits per heavy atom. The van der Waals surface area contributed by atoms with Crippen molar-refractivity contribution in [3.05, 3.63) is 105 Å². The van der Waals surface area contributed by atoms with Crippen LogP contribution in [-0.2, 0) is 22.7 Å². The average molecular weight is 596 g/mol. The van der Waals surface area contributed by atoms with Gasteiger partial charge in [-0.1, -0.05) is 65.7 Å². The summed E-state index contributed by atoms with van der Waals surface area (Å²) in [6.45, 7) is 5.35. The first-order valence-electron chi connectivity index (χ1n) is 13.7. The highest BCUT2D eigenvalue weighted by molar-refractivity contribution is 7.80. The second kappa shape index (κ2) is 11.8. The highest BCUT2D eigenvalue weighted by Crippen LogP contribution is 2.40. The van der Waals surface area contributed by atoms with Gasteiger partial charge in [-0.2, -0.15) is 12.6 Å². The number of benzene rings is 3. The third kappa shape index (κ3) is 5.82. The minimum atomic E-state index is -0.321. The van der Waals surface area contributed by atoms with Gasteiger partial charge in [-0.25, -0.2) is 0 Å². The van der Waals surface area contributed by atoms with Crippen LogP contribution < -0.4 is 5.32 Å². The Labute approximate surface area is 250 Å². The molecule has 6 rings (SSSR count). The Morgan fingerprint density at radius 2 is 1.50 bits per heavy atom. The predicted octanol–water partition coefficient (Wildman–Crippen LogP) is 5.45. The number of nitrogens with zero attached hydrogens (tertiary/aromatic N) is 3. The summed E-state index contributed by atoms with van der Waals surface area (Å²) in [5, 5.41) is 3.80. The van der Waals surface area contributed by atoms with Crippen molar-refractivity contribution in [3.63, 3.8) is 0 Å². The lowest BCUT2D eigenvalue weighted by Gasteiger charge is -2.40. The van der Waals surface area contributed by atoms with E-state index in [1.165, 1.54) is 22.3 Å². The van der Waals surface area contributed by atoms with E-state index in [1.54, 1.807) is 0 Å². The van der Waals surface area contributed by atoms with Crippen LogP contribution >= 0.6 is 35.8 Å². The first kappa shape index (κ1) is 27.8. The van der Waals surface area contributed by atoms with Gasteiger partial charge in [-0.05, 0) is 58.5 Å². The van der Waals surface area contributed by atoms with E-state index in [1.807, 2.05) is 24.3 Å². The topological polar surface area (TPSA) is 55.9 Å². The number of piperazine rings is 1. The van der Waals surface area contributed by atoms with E-state index >= 15 is 0 Å². The zero-order valence-corrected chi connectivity index (χ0v) is 24.5. The number of halogens is 2. The number of thiol groups is 1. The second-order valence-electron chi connectivity index (χ2n) is 10.9. The van der Waals surface area contributed by atoms with E-state index in [4.69, 9.17) is 35.8 Å². The summed E-state index contributed by atoms with van der Waals surface area (Å²) in [4.78, 5) is 31.2. The van der Waals surface area contributed by atoms with Gasteiger partial charge in [0.1, 0.15) is 0 Å². The van der Waals surface area contributed by atoms with E-state index in [2.05, 4.69) is 62.5 Å². The number of amides is 2. The fourth-order valence-corrected chi connectivity index (χ4v) is 6.95. The van der Waals surface area contributed by atoms with Crippen LogP contribution in [-0.4, -0.2) is 58.7 Å². The Bertz CT molecular complexity index is 1350. The van der Waals surface area contributed by atoms with Crippen molar-refractivity contribution < 1.29 is 9.59 Å². The van der Waals surface area contributed by atoms with Gasteiger partial charge in [0.2, 0.25) is 11.8 Å². The standard InChI is InChI=1S/C31H32Cl2N4O2S/c32-24-7-3-21(4-8-24)29(22-5-9-25(33)10-6-22)36-15-13-35(14-16-36)18-20-1-2-23-19-37(31(40)26(23)17-20)27-11-12-28(38)34-30(27)39/h1-10,17,27,29,31,40H,11-16,18-19H2,(H,34,38,39). The number of hydrogen-bond acceptors (Lipinski definition) is 6. The van der Waals surface area contributed by atoms with Crippen molar-refractivity contribution in [1.29, 1.82) is 0 Å². The predicted molar refractivity (Wildman–Crippen MR) is 161 cm³/mol. The number of piperidine rings is 1. The fraction of sp³-hybridized carbons (Fsp3) is 0.355. The van der Waals surface area contributed by atoms with Crippen LogP contribution in [0.4, 0.5) is 0 Å². The molecular weight excluding hydrogens is 563 g/mol. The van der Waals surface area contributed by atoms with E-state index in [9.17, 15) is 9.59 Å². The molecule has 1 N–H and O–H groups in total. The van der Waals surface area contributed by atoms with Gasteiger partial charge in [-0.15, -0.1) is 0 Å². The van der Waals surface area contributed by atoms with Crippen LogP contribution in [0.15, 0.2) is 66.7 Å². The van der Waals surface area contributed by atoms with Gasteiger partial charge in [0.25, 0.3) is 0 Å². The van der Waals surface area contributed by atoms with Gasteiger partial charge >= 0.3 is 0 Å². The fourth-order valence-electron chi connectivity index (χ4n) is 6.21. The minimum absolute atomic E-state index is 0.139. The van der Waals surface area contributed by atoms with Gasteiger partial charge in [0.15, 0.2) is 0 Å². The molecule has 0 radical (unpaired) electrons. The van der Waals surface area contributed by atoms with Crippen molar-refractivity contribution in [2.45, 2.75) is 43.4 Å². The van der Waals surface area contributed by atoms with Crippen molar-refractivity contribution in [3.8, 4) is 0 Å². The molecule has 0 spiro atoms. The summed E-state index contributed by atoms with van der Waals surface area (Å²) < 4.78 is 0. The molecule has 208 valence electrons. The third-order valence-electron chi connectivity index (χ3n) is 8.32. The zero-order chi connectivity index (χ0) is 27.8. The third-order valence-corrected chi connectivity index (χ3v) is 9.39. The summed E-state index contributed by atoms with van der Waals surface area (Å²) in [5.41, 5.74) is 6.06. The summed E-state index contributed by atoms with van der Waals surface area (Å²) in [6, 6.07) is 22.7. The number of imide groups is 1. The number of nitrogens with one attached hydrogen (secondary N) is 1. The second-order valence-corrected chi connectivity index (χ2v) is 12.2. The van der Waals surface area contributed by atoms with E-state index in [0.717, 1.165) is 48.3 Å². The maximum atomic E-state index is 12.5. The zero-order valence-electron chi connectivity index (χ0n) is 22.1. The summed E-state index contributed by atoms with van der Waals surface area (Å²) >= 11 is 17.3. The smallest absolute Gasteiger partial charge is 0.243 e. The molecule has 3 aliphatic heterocycles. The van der Waals surface area contributed by atoms with Crippen molar-refractivity contribution >= 4 is 47.6 Å². The van der Waals surface area contributed by atoms with Crippen LogP contribution in [0.2, 0.25) is 10.0 Å². The molecule has 2 atom stereocenters. The molecule has 0 aliphatic carbocycles.